The number of carboxylic acids is 1. The van der Waals surface area contributed by atoms with Gasteiger partial charge in [0.15, 0.2) is 0 Å². The molecule has 0 aromatic heterocycles. The van der Waals surface area contributed by atoms with Gasteiger partial charge < -0.3 is 5.11 Å². The molecule has 0 aromatic rings. The zero-order valence-corrected chi connectivity index (χ0v) is 14.6. The van der Waals surface area contributed by atoms with E-state index in [9.17, 15) is 4.79 Å². The van der Waals surface area contributed by atoms with Crippen molar-refractivity contribution in [1.29, 1.82) is 0 Å². The average molecular weight is 309 g/mol. The second-order valence-corrected chi connectivity index (χ2v) is 7.94. The Morgan fingerprint density at radius 3 is 1.95 bits per heavy atom. The zero-order valence-electron chi connectivity index (χ0n) is 14.6. The third-order valence-corrected chi connectivity index (χ3v) is 5.89. The van der Waals surface area contributed by atoms with Crippen LogP contribution in [0.1, 0.15) is 96.8 Å². The zero-order chi connectivity index (χ0) is 15.8. The van der Waals surface area contributed by atoms with E-state index >= 15 is 0 Å². The molecule has 2 rings (SSSR count). The van der Waals surface area contributed by atoms with Crippen LogP contribution in [-0.4, -0.2) is 11.1 Å². The maximum atomic E-state index is 10.4. The molecule has 0 amide bonds. The Bertz CT molecular complexity index is 326. The van der Waals surface area contributed by atoms with Crippen molar-refractivity contribution in [2.75, 3.05) is 0 Å². The summed E-state index contributed by atoms with van der Waals surface area (Å²) in [5, 5.41) is 8.58. The number of carboxylic acid groups (broad SMARTS) is 1. The maximum absolute atomic E-state index is 10.4. The van der Waals surface area contributed by atoms with Crippen molar-refractivity contribution in [3.05, 3.63) is 0 Å². The van der Waals surface area contributed by atoms with E-state index in [1.54, 1.807) is 6.42 Å². The van der Waals surface area contributed by atoms with E-state index in [1.807, 2.05) is 0 Å². The lowest BCUT2D eigenvalue weighted by Gasteiger charge is -2.02. The van der Waals surface area contributed by atoms with Crippen LogP contribution in [0.5, 0.6) is 0 Å². The Kier molecular flexibility index (Phi) is 7.75. The SMILES string of the molecule is CCCCC[C@H]1C[C@H]1C[C@H]1C[C@@H]1CCCCCCCC(=O)O. The summed E-state index contributed by atoms with van der Waals surface area (Å²) in [4.78, 5) is 10.4. The molecule has 0 radical (unpaired) electrons. The highest BCUT2D eigenvalue weighted by Crippen LogP contribution is 2.54. The average Bonchev–Trinajstić information content (AvgIpc) is 3.38. The fourth-order valence-corrected chi connectivity index (χ4v) is 4.16. The minimum atomic E-state index is -0.645. The van der Waals surface area contributed by atoms with E-state index < -0.39 is 5.97 Å². The van der Waals surface area contributed by atoms with Crippen LogP contribution < -0.4 is 0 Å². The molecule has 0 unspecified atom stereocenters. The Morgan fingerprint density at radius 2 is 1.36 bits per heavy atom. The lowest BCUT2D eigenvalue weighted by molar-refractivity contribution is -0.137. The molecule has 2 heteroatoms. The number of hydrogen-bond donors (Lipinski definition) is 1. The number of hydrogen-bond acceptors (Lipinski definition) is 1. The summed E-state index contributed by atoms with van der Waals surface area (Å²) in [5.41, 5.74) is 0. The van der Waals surface area contributed by atoms with Gasteiger partial charge >= 0.3 is 5.97 Å². The molecule has 2 aliphatic carbocycles. The van der Waals surface area contributed by atoms with Crippen LogP contribution in [-0.2, 0) is 4.79 Å². The van der Waals surface area contributed by atoms with Gasteiger partial charge in [-0.05, 0) is 49.4 Å². The molecular formula is C20H36O2. The minimum Gasteiger partial charge on any atom is -0.481 e. The number of carbonyl (C=O) groups is 1. The quantitative estimate of drug-likeness (QED) is 0.397. The molecule has 2 fully saturated rings. The van der Waals surface area contributed by atoms with Crippen molar-refractivity contribution in [3.8, 4) is 0 Å². The summed E-state index contributed by atoms with van der Waals surface area (Å²) in [6.07, 6.45) is 18.0. The first-order valence-electron chi connectivity index (χ1n) is 9.92. The van der Waals surface area contributed by atoms with Crippen LogP contribution in [0.2, 0.25) is 0 Å². The Balaban J connectivity index is 1.36. The van der Waals surface area contributed by atoms with Gasteiger partial charge in [0.2, 0.25) is 0 Å². The Labute approximate surface area is 137 Å². The molecule has 128 valence electrons. The smallest absolute Gasteiger partial charge is 0.303 e. The van der Waals surface area contributed by atoms with Crippen molar-refractivity contribution in [3.63, 3.8) is 0 Å². The van der Waals surface area contributed by atoms with Crippen molar-refractivity contribution in [2.24, 2.45) is 23.7 Å². The molecular weight excluding hydrogens is 272 g/mol. The van der Waals surface area contributed by atoms with Gasteiger partial charge in [-0.15, -0.1) is 0 Å². The van der Waals surface area contributed by atoms with Crippen LogP contribution in [0.15, 0.2) is 0 Å². The summed E-state index contributed by atoms with van der Waals surface area (Å²) >= 11 is 0. The van der Waals surface area contributed by atoms with Crippen LogP contribution in [0, 0.1) is 23.7 Å². The first-order chi connectivity index (χ1) is 10.7. The van der Waals surface area contributed by atoms with Crippen molar-refractivity contribution >= 4 is 5.97 Å². The summed E-state index contributed by atoms with van der Waals surface area (Å²) < 4.78 is 0. The maximum Gasteiger partial charge on any atom is 0.303 e. The summed E-state index contributed by atoms with van der Waals surface area (Å²) in [7, 11) is 0. The molecule has 1 N–H and O–H groups in total. The molecule has 2 aliphatic rings. The molecule has 0 aliphatic heterocycles. The molecule has 0 aromatic carbocycles. The van der Waals surface area contributed by atoms with Crippen molar-refractivity contribution < 1.29 is 9.90 Å². The number of aliphatic carboxylic acids is 1. The highest BCUT2D eigenvalue weighted by molar-refractivity contribution is 5.66. The highest BCUT2D eigenvalue weighted by Gasteiger charge is 2.44. The minimum absolute atomic E-state index is 0.353. The van der Waals surface area contributed by atoms with Gasteiger partial charge in [0, 0.05) is 6.42 Å². The second kappa shape index (κ2) is 9.57. The van der Waals surface area contributed by atoms with Crippen LogP contribution in [0.3, 0.4) is 0 Å². The Morgan fingerprint density at radius 1 is 0.818 bits per heavy atom. The molecule has 2 nitrogen and oxygen atoms in total. The highest BCUT2D eigenvalue weighted by atomic mass is 16.4. The molecule has 0 bridgehead atoms. The molecule has 0 heterocycles. The summed E-state index contributed by atoms with van der Waals surface area (Å²) in [5.74, 6) is 3.68. The molecule has 4 atom stereocenters. The van der Waals surface area contributed by atoms with Gasteiger partial charge in [-0.2, -0.15) is 0 Å². The first kappa shape index (κ1) is 17.8. The van der Waals surface area contributed by atoms with Crippen LogP contribution >= 0.6 is 0 Å². The topological polar surface area (TPSA) is 37.3 Å². The van der Waals surface area contributed by atoms with Gasteiger partial charge in [0.05, 0.1) is 0 Å². The summed E-state index contributed by atoms with van der Waals surface area (Å²) in [6.45, 7) is 2.30. The normalized spacial score (nSPS) is 29.5. The van der Waals surface area contributed by atoms with Gasteiger partial charge in [0.1, 0.15) is 0 Å². The molecule has 22 heavy (non-hydrogen) atoms. The van der Waals surface area contributed by atoms with Gasteiger partial charge in [0.25, 0.3) is 0 Å². The van der Waals surface area contributed by atoms with Gasteiger partial charge in [-0.25, -0.2) is 0 Å². The number of unbranched alkanes of at least 4 members (excludes halogenated alkanes) is 6. The fraction of sp³-hybridized carbons (Fsp3) is 0.950. The predicted octanol–water partition coefficient (Wildman–Crippen LogP) is 6.04. The van der Waals surface area contributed by atoms with E-state index in [0.29, 0.717) is 6.42 Å². The summed E-state index contributed by atoms with van der Waals surface area (Å²) in [6, 6.07) is 0. The third-order valence-electron chi connectivity index (χ3n) is 5.89. The monoisotopic (exact) mass is 308 g/mol. The van der Waals surface area contributed by atoms with Crippen LogP contribution in [0.4, 0.5) is 0 Å². The number of rotatable bonds is 14. The van der Waals surface area contributed by atoms with E-state index in [-0.39, 0.29) is 0 Å². The largest absolute Gasteiger partial charge is 0.481 e. The standard InChI is InChI=1S/C20H36O2/c1-2-3-7-10-16-13-18(16)15-19-14-17(19)11-8-5-4-6-9-12-20(21)22/h16-19H,2-15H2,1H3,(H,21,22)/t16-,17-,18-,19+/m0/s1. The molecule has 2 saturated carbocycles. The van der Waals surface area contributed by atoms with Gasteiger partial charge in [-0.1, -0.05) is 64.7 Å². The fourth-order valence-electron chi connectivity index (χ4n) is 4.16. The Hall–Kier alpha value is -0.530. The molecule has 0 saturated heterocycles. The van der Waals surface area contributed by atoms with E-state index in [1.165, 1.54) is 64.2 Å². The third kappa shape index (κ3) is 7.15. The van der Waals surface area contributed by atoms with Crippen molar-refractivity contribution in [1.82, 2.24) is 0 Å². The second-order valence-electron chi connectivity index (χ2n) is 7.94. The lowest BCUT2D eigenvalue weighted by atomic mass is 10.0. The predicted molar refractivity (Wildman–Crippen MR) is 91.9 cm³/mol. The van der Waals surface area contributed by atoms with E-state index in [2.05, 4.69) is 6.92 Å². The molecule has 0 spiro atoms. The van der Waals surface area contributed by atoms with Crippen molar-refractivity contribution in [2.45, 2.75) is 96.8 Å². The van der Waals surface area contributed by atoms with E-state index in [0.717, 1.165) is 36.5 Å². The van der Waals surface area contributed by atoms with Gasteiger partial charge in [-0.3, -0.25) is 4.79 Å². The first-order valence-corrected chi connectivity index (χ1v) is 9.92. The van der Waals surface area contributed by atoms with E-state index in [4.69, 9.17) is 5.11 Å². The lowest BCUT2D eigenvalue weighted by Crippen LogP contribution is -1.93. The van der Waals surface area contributed by atoms with Crippen LogP contribution in [0.25, 0.3) is 0 Å².